The fourth-order valence-electron chi connectivity index (χ4n) is 2.29. The molecule has 0 aromatic carbocycles. The Kier molecular flexibility index (Phi) is 6.23. The lowest BCUT2D eigenvalue weighted by Gasteiger charge is -2.37. The Balaban J connectivity index is 2.32. The summed E-state index contributed by atoms with van der Waals surface area (Å²) in [6.07, 6.45) is 0.646. The molecule has 112 valence electrons. The standard InChI is InChI=1S/C14H29N3O2/c1-5-19-13(18)14(4,15)6-7-16-8-10-17(11-9-16)12(2)3/h12H,5-11,15H2,1-4H3. The highest BCUT2D eigenvalue weighted by Gasteiger charge is 2.30. The van der Waals surface area contributed by atoms with Gasteiger partial charge in [-0.2, -0.15) is 0 Å². The summed E-state index contributed by atoms with van der Waals surface area (Å²) >= 11 is 0. The fraction of sp³-hybridized carbons (Fsp3) is 0.929. The van der Waals surface area contributed by atoms with E-state index in [2.05, 4.69) is 23.6 Å². The van der Waals surface area contributed by atoms with Crippen LogP contribution in [0.5, 0.6) is 0 Å². The largest absolute Gasteiger partial charge is 0.465 e. The van der Waals surface area contributed by atoms with Gasteiger partial charge in [-0.15, -0.1) is 0 Å². The lowest BCUT2D eigenvalue weighted by atomic mass is 9.99. The monoisotopic (exact) mass is 271 g/mol. The predicted octanol–water partition coefficient (Wildman–Crippen LogP) is 0.683. The molecule has 0 aromatic rings. The summed E-state index contributed by atoms with van der Waals surface area (Å²) in [5.41, 5.74) is 5.16. The summed E-state index contributed by atoms with van der Waals surface area (Å²) in [6.45, 7) is 13.6. The normalized spacial score (nSPS) is 21.4. The van der Waals surface area contributed by atoms with E-state index in [1.807, 2.05) is 0 Å². The number of nitrogens with two attached hydrogens (primary N) is 1. The van der Waals surface area contributed by atoms with E-state index < -0.39 is 5.54 Å². The molecule has 1 atom stereocenters. The third-order valence-corrected chi connectivity index (χ3v) is 3.83. The second kappa shape index (κ2) is 7.22. The molecule has 1 rings (SSSR count). The van der Waals surface area contributed by atoms with Crippen LogP contribution in [0.1, 0.15) is 34.1 Å². The van der Waals surface area contributed by atoms with E-state index in [1.54, 1.807) is 13.8 Å². The maximum atomic E-state index is 11.7. The van der Waals surface area contributed by atoms with Crippen molar-refractivity contribution in [2.24, 2.45) is 5.73 Å². The maximum Gasteiger partial charge on any atom is 0.325 e. The Morgan fingerprint density at radius 1 is 1.32 bits per heavy atom. The van der Waals surface area contributed by atoms with Gasteiger partial charge in [0, 0.05) is 38.8 Å². The number of nitrogens with zero attached hydrogens (tertiary/aromatic N) is 2. The van der Waals surface area contributed by atoms with Crippen molar-refractivity contribution >= 4 is 5.97 Å². The number of hydrogen-bond donors (Lipinski definition) is 1. The first-order valence-electron chi connectivity index (χ1n) is 7.29. The van der Waals surface area contributed by atoms with Gasteiger partial charge in [0.2, 0.25) is 0 Å². The van der Waals surface area contributed by atoms with E-state index in [-0.39, 0.29) is 5.97 Å². The van der Waals surface area contributed by atoms with Crippen molar-refractivity contribution in [1.82, 2.24) is 9.80 Å². The average molecular weight is 271 g/mol. The predicted molar refractivity (Wildman–Crippen MR) is 77.0 cm³/mol. The molecule has 1 aliphatic heterocycles. The number of carbonyl (C=O) groups is 1. The lowest BCUT2D eigenvalue weighted by Crippen LogP contribution is -2.52. The number of carbonyl (C=O) groups excluding carboxylic acids is 1. The van der Waals surface area contributed by atoms with Crippen LogP contribution in [0.3, 0.4) is 0 Å². The van der Waals surface area contributed by atoms with E-state index in [9.17, 15) is 4.79 Å². The van der Waals surface area contributed by atoms with E-state index in [0.717, 1.165) is 32.7 Å². The summed E-state index contributed by atoms with van der Waals surface area (Å²) in [5.74, 6) is -0.296. The molecule has 19 heavy (non-hydrogen) atoms. The van der Waals surface area contributed by atoms with Gasteiger partial charge in [-0.05, 0) is 34.1 Å². The molecule has 1 heterocycles. The number of piperazine rings is 1. The number of hydrogen-bond acceptors (Lipinski definition) is 5. The van der Waals surface area contributed by atoms with Gasteiger partial charge in [0.1, 0.15) is 5.54 Å². The van der Waals surface area contributed by atoms with E-state index in [4.69, 9.17) is 10.5 Å². The van der Waals surface area contributed by atoms with Crippen LogP contribution >= 0.6 is 0 Å². The van der Waals surface area contributed by atoms with Gasteiger partial charge in [-0.3, -0.25) is 9.69 Å². The molecule has 1 saturated heterocycles. The SMILES string of the molecule is CCOC(=O)C(C)(N)CCN1CCN(C(C)C)CC1. The van der Waals surface area contributed by atoms with Crippen LogP contribution in [-0.4, -0.2) is 66.7 Å². The maximum absolute atomic E-state index is 11.7. The Morgan fingerprint density at radius 2 is 1.89 bits per heavy atom. The molecule has 1 unspecified atom stereocenters. The van der Waals surface area contributed by atoms with Crippen LogP contribution in [0, 0.1) is 0 Å². The number of rotatable bonds is 6. The molecular weight excluding hydrogens is 242 g/mol. The van der Waals surface area contributed by atoms with E-state index >= 15 is 0 Å². The third kappa shape index (κ3) is 5.09. The fourth-order valence-corrected chi connectivity index (χ4v) is 2.29. The third-order valence-electron chi connectivity index (χ3n) is 3.83. The zero-order chi connectivity index (χ0) is 14.5. The van der Waals surface area contributed by atoms with Crippen molar-refractivity contribution in [3.05, 3.63) is 0 Å². The van der Waals surface area contributed by atoms with Crippen LogP contribution in [0.4, 0.5) is 0 Å². The topological polar surface area (TPSA) is 58.8 Å². The second-order valence-corrected chi connectivity index (χ2v) is 5.86. The zero-order valence-corrected chi connectivity index (χ0v) is 12.8. The van der Waals surface area contributed by atoms with Crippen molar-refractivity contribution < 1.29 is 9.53 Å². The first kappa shape index (κ1) is 16.4. The Hall–Kier alpha value is -0.650. The van der Waals surface area contributed by atoms with Gasteiger partial charge in [-0.1, -0.05) is 0 Å². The highest BCUT2D eigenvalue weighted by molar-refractivity contribution is 5.79. The van der Waals surface area contributed by atoms with Gasteiger partial charge >= 0.3 is 5.97 Å². The molecule has 0 spiro atoms. The summed E-state index contributed by atoms with van der Waals surface area (Å²) in [7, 11) is 0. The van der Waals surface area contributed by atoms with Crippen molar-refractivity contribution in [2.45, 2.75) is 45.7 Å². The smallest absolute Gasteiger partial charge is 0.325 e. The van der Waals surface area contributed by atoms with Crippen molar-refractivity contribution in [3.63, 3.8) is 0 Å². The van der Waals surface area contributed by atoms with Gasteiger partial charge in [0.05, 0.1) is 6.61 Å². The molecule has 0 saturated carbocycles. The van der Waals surface area contributed by atoms with Crippen molar-refractivity contribution in [1.29, 1.82) is 0 Å². The summed E-state index contributed by atoms with van der Waals surface area (Å²) < 4.78 is 5.00. The van der Waals surface area contributed by atoms with E-state index in [1.165, 1.54) is 0 Å². The van der Waals surface area contributed by atoms with Crippen LogP contribution in [0.2, 0.25) is 0 Å². The van der Waals surface area contributed by atoms with Gasteiger partial charge in [0.15, 0.2) is 0 Å². The minimum atomic E-state index is -0.870. The first-order valence-corrected chi connectivity index (χ1v) is 7.29. The van der Waals surface area contributed by atoms with Gasteiger partial charge < -0.3 is 15.4 Å². The van der Waals surface area contributed by atoms with Crippen LogP contribution in [-0.2, 0) is 9.53 Å². The molecule has 0 aliphatic carbocycles. The minimum absolute atomic E-state index is 0.296. The Labute approximate surface area is 117 Å². The highest BCUT2D eigenvalue weighted by atomic mass is 16.5. The zero-order valence-electron chi connectivity index (χ0n) is 12.8. The molecule has 1 fully saturated rings. The Bertz CT molecular complexity index is 284. The quantitative estimate of drug-likeness (QED) is 0.720. The first-order chi connectivity index (χ1) is 8.86. The summed E-state index contributed by atoms with van der Waals surface area (Å²) in [5, 5.41) is 0. The minimum Gasteiger partial charge on any atom is -0.465 e. The second-order valence-electron chi connectivity index (χ2n) is 5.86. The highest BCUT2D eigenvalue weighted by Crippen LogP contribution is 2.12. The van der Waals surface area contributed by atoms with Crippen LogP contribution in [0.25, 0.3) is 0 Å². The van der Waals surface area contributed by atoms with Gasteiger partial charge in [0.25, 0.3) is 0 Å². The van der Waals surface area contributed by atoms with Crippen LogP contribution in [0.15, 0.2) is 0 Å². The number of ether oxygens (including phenoxy) is 1. The molecule has 0 bridgehead atoms. The average Bonchev–Trinajstić information content (AvgIpc) is 2.37. The molecule has 0 aromatic heterocycles. The van der Waals surface area contributed by atoms with Gasteiger partial charge in [-0.25, -0.2) is 0 Å². The molecule has 5 heteroatoms. The summed E-state index contributed by atoms with van der Waals surface area (Å²) in [4.78, 5) is 16.6. The molecule has 5 nitrogen and oxygen atoms in total. The van der Waals surface area contributed by atoms with E-state index in [0.29, 0.717) is 19.1 Å². The number of esters is 1. The Morgan fingerprint density at radius 3 is 2.37 bits per heavy atom. The molecule has 0 radical (unpaired) electrons. The van der Waals surface area contributed by atoms with Crippen molar-refractivity contribution in [2.75, 3.05) is 39.3 Å². The lowest BCUT2D eigenvalue weighted by molar-refractivity contribution is -0.149. The molecule has 1 aliphatic rings. The van der Waals surface area contributed by atoms with Crippen molar-refractivity contribution in [3.8, 4) is 0 Å². The van der Waals surface area contributed by atoms with Crippen LogP contribution < -0.4 is 5.73 Å². The molecular formula is C14H29N3O2. The molecule has 2 N–H and O–H groups in total. The summed E-state index contributed by atoms with van der Waals surface area (Å²) in [6, 6.07) is 0.612. The molecule has 0 amide bonds.